The van der Waals surface area contributed by atoms with Crippen LogP contribution in [0.2, 0.25) is 0 Å². The van der Waals surface area contributed by atoms with Gasteiger partial charge in [-0.15, -0.1) is 0 Å². The SMILES string of the molecule is Cc1ccoc1CNC(C)CCN(C)C. The van der Waals surface area contributed by atoms with E-state index in [0.29, 0.717) is 6.04 Å². The van der Waals surface area contributed by atoms with Crippen molar-refractivity contribution in [3.63, 3.8) is 0 Å². The van der Waals surface area contributed by atoms with E-state index in [-0.39, 0.29) is 0 Å². The fourth-order valence-corrected chi connectivity index (χ4v) is 1.41. The van der Waals surface area contributed by atoms with E-state index in [9.17, 15) is 0 Å². The molecule has 15 heavy (non-hydrogen) atoms. The fraction of sp³-hybridized carbons (Fsp3) is 0.667. The predicted molar refractivity (Wildman–Crippen MR) is 62.9 cm³/mol. The predicted octanol–water partition coefficient (Wildman–Crippen LogP) is 2.02. The largest absolute Gasteiger partial charge is 0.468 e. The average molecular weight is 210 g/mol. The summed E-state index contributed by atoms with van der Waals surface area (Å²) in [5.74, 6) is 1.05. The maximum atomic E-state index is 5.37. The molecule has 0 fully saturated rings. The van der Waals surface area contributed by atoms with Crippen molar-refractivity contribution in [2.75, 3.05) is 20.6 Å². The van der Waals surface area contributed by atoms with Gasteiger partial charge in [-0.1, -0.05) is 0 Å². The Morgan fingerprint density at radius 2 is 2.20 bits per heavy atom. The van der Waals surface area contributed by atoms with Gasteiger partial charge < -0.3 is 14.6 Å². The van der Waals surface area contributed by atoms with Crippen molar-refractivity contribution in [1.29, 1.82) is 0 Å². The maximum absolute atomic E-state index is 5.37. The van der Waals surface area contributed by atoms with Gasteiger partial charge in [-0.3, -0.25) is 0 Å². The minimum atomic E-state index is 0.525. The Kier molecular flexibility index (Phi) is 4.85. The molecular weight excluding hydrogens is 188 g/mol. The third-order valence-corrected chi connectivity index (χ3v) is 2.59. The third kappa shape index (κ3) is 4.49. The Labute approximate surface area is 92.5 Å². The molecule has 0 saturated carbocycles. The molecule has 0 saturated heterocycles. The second kappa shape index (κ2) is 5.93. The molecule has 0 aliphatic carbocycles. The Morgan fingerprint density at radius 3 is 2.73 bits per heavy atom. The van der Waals surface area contributed by atoms with Crippen LogP contribution in [-0.2, 0) is 6.54 Å². The molecule has 1 aromatic rings. The van der Waals surface area contributed by atoms with Crippen molar-refractivity contribution < 1.29 is 4.42 Å². The summed E-state index contributed by atoms with van der Waals surface area (Å²) in [6.07, 6.45) is 2.91. The average Bonchev–Trinajstić information content (AvgIpc) is 2.58. The Bertz CT molecular complexity index is 281. The van der Waals surface area contributed by atoms with Crippen molar-refractivity contribution in [2.45, 2.75) is 32.9 Å². The van der Waals surface area contributed by atoms with Crippen LogP contribution in [0.15, 0.2) is 16.7 Å². The highest BCUT2D eigenvalue weighted by molar-refractivity contribution is 5.14. The summed E-state index contributed by atoms with van der Waals surface area (Å²) in [7, 11) is 4.20. The van der Waals surface area contributed by atoms with E-state index in [1.165, 1.54) is 5.56 Å². The lowest BCUT2D eigenvalue weighted by molar-refractivity contribution is 0.358. The highest BCUT2D eigenvalue weighted by Crippen LogP contribution is 2.08. The molecule has 0 aromatic carbocycles. The van der Waals surface area contributed by atoms with E-state index in [1.807, 2.05) is 6.07 Å². The van der Waals surface area contributed by atoms with Crippen LogP contribution in [0, 0.1) is 6.92 Å². The first-order chi connectivity index (χ1) is 7.09. The molecule has 3 heteroatoms. The topological polar surface area (TPSA) is 28.4 Å². The lowest BCUT2D eigenvalue weighted by Crippen LogP contribution is -2.29. The van der Waals surface area contributed by atoms with Gasteiger partial charge in [0.05, 0.1) is 12.8 Å². The molecule has 86 valence electrons. The molecule has 0 radical (unpaired) electrons. The third-order valence-electron chi connectivity index (χ3n) is 2.59. The van der Waals surface area contributed by atoms with E-state index in [2.05, 4.69) is 38.2 Å². The summed E-state index contributed by atoms with van der Waals surface area (Å²) in [5, 5.41) is 3.46. The molecule has 1 heterocycles. The normalized spacial score (nSPS) is 13.4. The summed E-state index contributed by atoms with van der Waals surface area (Å²) in [6, 6.07) is 2.53. The van der Waals surface area contributed by atoms with Crippen LogP contribution in [-0.4, -0.2) is 31.6 Å². The molecule has 0 aliphatic heterocycles. The van der Waals surface area contributed by atoms with Crippen molar-refractivity contribution in [3.05, 3.63) is 23.7 Å². The quantitative estimate of drug-likeness (QED) is 0.778. The highest BCUT2D eigenvalue weighted by atomic mass is 16.3. The molecule has 0 bridgehead atoms. The molecule has 0 spiro atoms. The van der Waals surface area contributed by atoms with Crippen molar-refractivity contribution >= 4 is 0 Å². The van der Waals surface area contributed by atoms with Crippen molar-refractivity contribution in [2.24, 2.45) is 0 Å². The van der Waals surface area contributed by atoms with Gasteiger partial charge in [-0.2, -0.15) is 0 Å². The zero-order valence-corrected chi connectivity index (χ0v) is 10.2. The summed E-state index contributed by atoms with van der Waals surface area (Å²) < 4.78 is 5.37. The number of rotatable bonds is 6. The number of nitrogens with zero attached hydrogens (tertiary/aromatic N) is 1. The number of nitrogens with one attached hydrogen (secondary N) is 1. The van der Waals surface area contributed by atoms with Crippen LogP contribution in [0.3, 0.4) is 0 Å². The molecular formula is C12H22N2O. The summed E-state index contributed by atoms with van der Waals surface area (Å²) in [5.41, 5.74) is 1.22. The summed E-state index contributed by atoms with van der Waals surface area (Å²) in [4.78, 5) is 2.20. The van der Waals surface area contributed by atoms with E-state index in [4.69, 9.17) is 4.42 Å². The second-order valence-electron chi connectivity index (χ2n) is 4.40. The van der Waals surface area contributed by atoms with Gasteiger partial charge in [0.25, 0.3) is 0 Å². The smallest absolute Gasteiger partial charge is 0.120 e. The lowest BCUT2D eigenvalue weighted by atomic mass is 10.2. The Morgan fingerprint density at radius 1 is 1.47 bits per heavy atom. The first kappa shape index (κ1) is 12.3. The summed E-state index contributed by atoms with van der Waals surface area (Å²) >= 11 is 0. The van der Waals surface area contributed by atoms with Gasteiger partial charge in [0, 0.05) is 6.04 Å². The van der Waals surface area contributed by atoms with E-state index in [0.717, 1.165) is 25.3 Å². The minimum Gasteiger partial charge on any atom is -0.468 e. The number of aryl methyl sites for hydroxylation is 1. The van der Waals surface area contributed by atoms with Gasteiger partial charge in [-0.05, 0) is 52.5 Å². The standard InChI is InChI=1S/C12H22N2O/c1-10-6-8-15-12(10)9-13-11(2)5-7-14(3)4/h6,8,11,13H,5,7,9H2,1-4H3. The zero-order valence-electron chi connectivity index (χ0n) is 10.2. The Hall–Kier alpha value is -0.800. The molecule has 1 N–H and O–H groups in total. The maximum Gasteiger partial charge on any atom is 0.120 e. The molecule has 0 aliphatic rings. The molecule has 1 unspecified atom stereocenters. The molecule has 0 amide bonds. The zero-order chi connectivity index (χ0) is 11.3. The van der Waals surface area contributed by atoms with Crippen LogP contribution < -0.4 is 5.32 Å². The first-order valence-electron chi connectivity index (χ1n) is 5.50. The van der Waals surface area contributed by atoms with Gasteiger partial charge in [0.2, 0.25) is 0 Å². The fourth-order valence-electron chi connectivity index (χ4n) is 1.41. The van der Waals surface area contributed by atoms with Gasteiger partial charge in [0.15, 0.2) is 0 Å². The van der Waals surface area contributed by atoms with Crippen LogP contribution in [0.1, 0.15) is 24.7 Å². The van der Waals surface area contributed by atoms with Crippen LogP contribution in [0.4, 0.5) is 0 Å². The molecule has 3 nitrogen and oxygen atoms in total. The van der Waals surface area contributed by atoms with E-state index in [1.54, 1.807) is 6.26 Å². The molecule has 1 rings (SSSR count). The monoisotopic (exact) mass is 210 g/mol. The van der Waals surface area contributed by atoms with E-state index >= 15 is 0 Å². The van der Waals surface area contributed by atoms with Crippen LogP contribution in [0.25, 0.3) is 0 Å². The van der Waals surface area contributed by atoms with Crippen LogP contribution >= 0.6 is 0 Å². The van der Waals surface area contributed by atoms with Gasteiger partial charge in [-0.25, -0.2) is 0 Å². The van der Waals surface area contributed by atoms with Crippen LogP contribution in [0.5, 0.6) is 0 Å². The minimum absolute atomic E-state index is 0.525. The van der Waals surface area contributed by atoms with Gasteiger partial charge in [0.1, 0.15) is 5.76 Å². The number of furan rings is 1. The summed E-state index contributed by atoms with van der Waals surface area (Å²) in [6.45, 7) is 6.23. The highest BCUT2D eigenvalue weighted by Gasteiger charge is 2.05. The number of hydrogen-bond acceptors (Lipinski definition) is 3. The van der Waals surface area contributed by atoms with Crippen molar-refractivity contribution in [1.82, 2.24) is 10.2 Å². The van der Waals surface area contributed by atoms with Crippen molar-refractivity contribution in [3.8, 4) is 0 Å². The Balaban J connectivity index is 2.22. The second-order valence-corrected chi connectivity index (χ2v) is 4.40. The van der Waals surface area contributed by atoms with E-state index < -0.39 is 0 Å². The molecule has 1 aromatic heterocycles. The number of hydrogen-bond donors (Lipinski definition) is 1. The lowest BCUT2D eigenvalue weighted by Gasteiger charge is -2.16. The first-order valence-corrected chi connectivity index (χ1v) is 5.50. The molecule has 1 atom stereocenters. The van der Waals surface area contributed by atoms with Gasteiger partial charge >= 0.3 is 0 Å².